The van der Waals surface area contributed by atoms with Gasteiger partial charge in [-0.2, -0.15) is 10.1 Å². The first-order valence-electron chi connectivity index (χ1n) is 4.34. The molecule has 0 bridgehead atoms. The molecule has 3 rings (SSSR count). The summed E-state index contributed by atoms with van der Waals surface area (Å²) in [6, 6.07) is 3.75. The molecule has 2 N–H and O–H groups in total. The molecule has 3 aromatic rings. The molecular formula is C9H7N5S. The minimum Gasteiger partial charge on any atom is -0.321 e. The van der Waals surface area contributed by atoms with Gasteiger partial charge in [0.1, 0.15) is 5.65 Å². The molecule has 3 heterocycles. The molecule has 74 valence electrons. The second kappa shape index (κ2) is 3.03. The van der Waals surface area contributed by atoms with Crippen LogP contribution in [-0.4, -0.2) is 14.4 Å². The van der Waals surface area contributed by atoms with Crippen molar-refractivity contribution in [3.8, 4) is 0 Å². The summed E-state index contributed by atoms with van der Waals surface area (Å²) < 4.78 is 1.93. The number of nitrogens with two attached hydrogens (primary N) is 1. The first-order valence-corrected chi connectivity index (χ1v) is 5.22. The second-order valence-electron chi connectivity index (χ2n) is 2.99. The van der Waals surface area contributed by atoms with Gasteiger partial charge in [-0.25, -0.2) is 4.98 Å². The lowest BCUT2D eigenvalue weighted by Gasteiger charge is -1.99. The third kappa shape index (κ3) is 1.11. The zero-order chi connectivity index (χ0) is 10.3. The molecule has 0 radical (unpaired) electrons. The molecular weight excluding hydrogens is 210 g/mol. The Morgan fingerprint density at radius 3 is 3.27 bits per heavy atom. The van der Waals surface area contributed by atoms with E-state index in [0.717, 1.165) is 16.0 Å². The van der Waals surface area contributed by atoms with Crippen LogP contribution in [0.1, 0.15) is 0 Å². The Morgan fingerprint density at radius 1 is 1.47 bits per heavy atom. The van der Waals surface area contributed by atoms with Crippen molar-refractivity contribution in [2.24, 2.45) is 10.9 Å². The number of rotatable bonds is 0. The molecule has 0 saturated heterocycles. The topological polar surface area (TPSA) is 68.6 Å². The van der Waals surface area contributed by atoms with Gasteiger partial charge in [0.2, 0.25) is 0 Å². The molecule has 0 aliphatic heterocycles. The minimum absolute atomic E-state index is 0.528. The molecule has 0 unspecified atom stereocenters. The van der Waals surface area contributed by atoms with Gasteiger partial charge in [0, 0.05) is 17.8 Å². The van der Waals surface area contributed by atoms with Gasteiger partial charge >= 0.3 is 0 Å². The molecule has 15 heavy (non-hydrogen) atoms. The van der Waals surface area contributed by atoms with Crippen molar-refractivity contribution in [3.05, 3.63) is 35.4 Å². The van der Waals surface area contributed by atoms with Crippen LogP contribution in [0.5, 0.6) is 0 Å². The molecule has 0 saturated carbocycles. The Labute approximate surface area is 88.5 Å². The van der Waals surface area contributed by atoms with Crippen LogP contribution >= 0.6 is 11.3 Å². The van der Waals surface area contributed by atoms with Crippen molar-refractivity contribution in [2.75, 3.05) is 0 Å². The fraction of sp³-hybridized carbons (Fsp3) is 0. The Hall–Kier alpha value is -1.95. The van der Waals surface area contributed by atoms with Gasteiger partial charge < -0.3 is 5.84 Å². The standard InChI is InChI=1S/C9H7N5S/c10-13-7-6-2-1-3-11-8(6)14-4-5-15-9(14)12-7/h1-5H,10H2/b13-7-. The quantitative estimate of drug-likeness (QED) is 0.445. The van der Waals surface area contributed by atoms with Crippen molar-refractivity contribution >= 4 is 27.3 Å². The van der Waals surface area contributed by atoms with E-state index >= 15 is 0 Å². The lowest BCUT2D eigenvalue weighted by atomic mass is 10.3. The minimum atomic E-state index is 0.528. The summed E-state index contributed by atoms with van der Waals surface area (Å²) in [7, 11) is 0. The van der Waals surface area contributed by atoms with Crippen LogP contribution in [0, 0.1) is 0 Å². The van der Waals surface area contributed by atoms with E-state index in [4.69, 9.17) is 5.84 Å². The molecule has 0 aliphatic carbocycles. The Kier molecular flexibility index (Phi) is 1.69. The number of nitrogens with zero attached hydrogens (tertiary/aromatic N) is 4. The summed E-state index contributed by atoms with van der Waals surface area (Å²) >= 11 is 1.53. The molecule has 0 amide bonds. The van der Waals surface area contributed by atoms with Gasteiger partial charge in [-0.3, -0.25) is 4.40 Å². The maximum atomic E-state index is 5.31. The average Bonchev–Trinajstić information content (AvgIpc) is 2.76. The van der Waals surface area contributed by atoms with Gasteiger partial charge in [0.05, 0.1) is 5.39 Å². The molecule has 3 aromatic heterocycles. The molecule has 6 heteroatoms. The van der Waals surface area contributed by atoms with E-state index in [2.05, 4.69) is 15.1 Å². The Bertz CT molecular complexity index is 696. The highest BCUT2D eigenvalue weighted by Gasteiger charge is 2.04. The molecule has 0 fully saturated rings. The van der Waals surface area contributed by atoms with Crippen molar-refractivity contribution in [1.29, 1.82) is 0 Å². The molecule has 0 aromatic carbocycles. The first kappa shape index (κ1) is 8.37. The van der Waals surface area contributed by atoms with Crippen LogP contribution in [-0.2, 0) is 0 Å². The number of pyridine rings is 1. The summed E-state index contributed by atoms with van der Waals surface area (Å²) in [5.41, 5.74) is 1.36. The van der Waals surface area contributed by atoms with E-state index < -0.39 is 0 Å². The van der Waals surface area contributed by atoms with Gasteiger partial charge in [-0.15, -0.1) is 11.3 Å². The largest absolute Gasteiger partial charge is 0.321 e. The van der Waals surface area contributed by atoms with Gasteiger partial charge in [-0.1, -0.05) is 0 Å². The van der Waals surface area contributed by atoms with E-state index in [-0.39, 0.29) is 0 Å². The Balaban J connectivity index is 2.71. The lowest BCUT2D eigenvalue weighted by molar-refractivity contribution is 1.05. The van der Waals surface area contributed by atoms with Crippen molar-refractivity contribution in [3.63, 3.8) is 0 Å². The molecule has 0 aliphatic rings. The number of thiazole rings is 1. The monoisotopic (exact) mass is 217 g/mol. The third-order valence-electron chi connectivity index (χ3n) is 2.17. The Morgan fingerprint density at radius 2 is 2.40 bits per heavy atom. The van der Waals surface area contributed by atoms with Crippen molar-refractivity contribution in [2.45, 2.75) is 0 Å². The fourth-order valence-corrected chi connectivity index (χ4v) is 2.23. The lowest BCUT2D eigenvalue weighted by Crippen LogP contribution is -2.14. The number of hydrogen-bond donors (Lipinski definition) is 1. The normalized spacial score (nSPS) is 12.7. The predicted octanol–water partition coefficient (Wildman–Crippen LogP) is 0.718. The van der Waals surface area contributed by atoms with Crippen molar-refractivity contribution in [1.82, 2.24) is 14.4 Å². The van der Waals surface area contributed by atoms with E-state index in [1.165, 1.54) is 11.3 Å². The first-order chi connectivity index (χ1) is 7.40. The summed E-state index contributed by atoms with van der Waals surface area (Å²) in [5, 5.41) is 6.48. The van der Waals surface area contributed by atoms with E-state index in [1.54, 1.807) is 6.20 Å². The van der Waals surface area contributed by atoms with E-state index in [0.29, 0.717) is 5.49 Å². The zero-order valence-electron chi connectivity index (χ0n) is 7.66. The van der Waals surface area contributed by atoms with Crippen LogP contribution in [0.3, 0.4) is 0 Å². The predicted molar refractivity (Wildman–Crippen MR) is 58.1 cm³/mol. The molecule has 0 spiro atoms. The van der Waals surface area contributed by atoms with Gasteiger partial charge in [0.15, 0.2) is 10.4 Å². The van der Waals surface area contributed by atoms with Gasteiger partial charge in [-0.05, 0) is 12.1 Å². The van der Waals surface area contributed by atoms with Crippen LogP contribution in [0.25, 0.3) is 16.0 Å². The maximum Gasteiger partial charge on any atom is 0.197 e. The van der Waals surface area contributed by atoms with E-state index in [1.807, 2.05) is 28.1 Å². The second-order valence-corrected chi connectivity index (χ2v) is 3.87. The third-order valence-corrected chi connectivity index (χ3v) is 2.93. The highest BCUT2D eigenvalue weighted by molar-refractivity contribution is 7.15. The summed E-state index contributed by atoms with van der Waals surface area (Å²) in [6.07, 6.45) is 3.68. The summed E-state index contributed by atoms with van der Waals surface area (Å²) in [5.74, 6) is 5.31. The number of hydrogen-bond acceptors (Lipinski definition) is 5. The smallest absolute Gasteiger partial charge is 0.197 e. The molecule has 0 atom stereocenters. The van der Waals surface area contributed by atoms with Crippen LogP contribution in [0.2, 0.25) is 0 Å². The van der Waals surface area contributed by atoms with E-state index in [9.17, 15) is 0 Å². The average molecular weight is 217 g/mol. The van der Waals surface area contributed by atoms with Crippen LogP contribution in [0.4, 0.5) is 0 Å². The summed E-state index contributed by atoms with van der Waals surface area (Å²) in [4.78, 5) is 9.47. The summed E-state index contributed by atoms with van der Waals surface area (Å²) in [6.45, 7) is 0. The van der Waals surface area contributed by atoms with Gasteiger partial charge in [0.25, 0.3) is 0 Å². The van der Waals surface area contributed by atoms with Crippen LogP contribution < -0.4 is 11.3 Å². The van der Waals surface area contributed by atoms with Crippen LogP contribution in [0.15, 0.2) is 35.0 Å². The highest BCUT2D eigenvalue weighted by Crippen LogP contribution is 2.12. The zero-order valence-corrected chi connectivity index (χ0v) is 8.48. The number of fused-ring (bicyclic) bond motifs is 3. The SMILES string of the molecule is N/N=c1\nc2sccn2c2ncccc12. The number of aromatic nitrogens is 3. The van der Waals surface area contributed by atoms with Crippen molar-refractivity contribution < 1.29 is 0 Å². The fourth-order valence-electron chi connectivity index (χ4n) is 1.53. The molecule has 5 nitrogen and oxygen atoms in total. The maximum absolute atomic E-state index is 5.31. The highest BCUT2D eigenvalue weighted by atomic mass is 32.1.